The number of para-hydroxylation sites is 1. The van der Waals surface area contributed by atoms with E-state index in [0.29, 0.717) is 15.0 Å². The number of carbonyl (C=O) groups excluding carboxylic acids is 1. The first kappa shape index (κ1) is 15.5. The van der Waals surface area contributed by atoms with Crippen LogP contribution in [0.4, 0.5) is 0 Å². The van der Waals surface area contributed by atoms with E-state index >= 15 is 0 Å². The van der Waals surface area contributed by atoms with Crippen LogP contribution < -0.4 is 0 Å². The minimum absolute atomic E-state index is 0.0891. The van der Waals surface area contributed by atoms with Crippen molar-refractivity contribution in [2.75, 3.05) is 5.75 Å². The average molecular weight is 348 g/mol. The summed E-state index contributed by atoms with van der Waals surface area (Å²) in [5.41, 5.74) is 3.35. The largest absolute Gasteiger partial charge is 0.292 e. The Morgan fingerprint density at radius 3 is 2.77 bits per heavy atom. The zero-order valence-corrected chi connectivity index (χ0v) is 14.6. The highest BCUT2D eigenvalue weighted by Crippen LogP contribution is 2.27. The minimum atomic E-state index is 0.0891. The summed E-state index contributed by atoms with van der Waals surface area (Å²) < 4.78 is 0.642. The Labute approximate surface area is 142 Å². The van der Waals surface area contributed by atoms with Crippen LogP contribution in [0.1, 0.15) is 20.8 Å². The molecule has 0 radical (unpaired) electrons. The van der Waals surface area contributed by atoms with Gasteiger partial charge in [-0.25, -0.2) is 4.98 Å². The number of halogens is 1. The van der Waals surface area contributed by atoms with Crippen molar-refractivity contribution in [1.29, 1.82) is 0 Å². The van der Waals surface area contributed by atoms with E-state index in [2.05, 4.69) is 26.0 Å². The summed E-state index contributed by atoms with van der Waals surface area (Å²) in [6, 6.07) is 11.8. The predicted molar refractivity (Wildman–Crippen MR) is 95.6 cm³/mol. The van der Waals surface area contributed by atoms with Crippen molar-refractivity contribution in [1.82, 2.24) is 4.98 Å². The fourth-order valence-corrected chi connectivity index (χ4v) is 4.20. The number of hydrogen-bond acceptors (Lipinski definition) is 4. The molecule has 3 rings (SSSR count). The van der Waals surface area contributed by atoms with Gasteiger partial charge in [0, 0.05) is 5.39 Å². The number of benzene rings is 1. The van der Waals surface area contributed by atoms with Crippen LogP contribution >= 0.6 is 34.7 Å². The highest BCUT2D eigenvalue weighted by Gasteiger charge is 2.11. The van der Waals surface area contributed by atoms with Gasteiger partial charge in [-0.05, 0) is 43.2 Å². The van der Waals surface area contributed by atoms with Gasteiger partial charge < -0.3 is 0 Å². The van der Waals surface area contributed by atoms with Crippen molar-refractivity contribution in [2.24, 2.45) is 0 Å². The molecule has 2 nitrogen and oxygen atoms in total. The molecule has 2 aromatic heterocycles. The highest BCUT2D eigenvalue weighted by molar-refractivity contribution is 8.00. The third-order valence-corrected chi connectivity index (χ3v) is 5.61. The highest BCUT2D eigenvalue weighted by atomic mass is 35.5. The van der Waals surface area contributed by atoms with E-state index in [1.165, 1.54) is 34.0 Å². The SMILES string of the molecule is Cc1cc(SCC(=O)c2ccc(Cl)s2)nc2c(C)cccc12. The molecular weight excluding hydrogens is 334 g/mol. The molecule has 5 heteroatoms. The number of aryl methyl sites for hydroxylation is 2. The third kappa shape index (κ3) is 3.19. The Kier molecular flexibility index (Phi) is 4.52. The van der Waals surface area contributed by atoms with Crippen molar-refractivity contribution >= 4 is 51.4 Å². The van der Waals surface area contributed by atoms with E-state index in [9.17, 15) is 4.79 Å². The van der Waals surface area contributed by atoms with Crippen LogP contribution in [0.2, 0.25) is 4.34 Å². The molecule has 22 heavy (non-hydrogen) atoms. The second-order valence-corrected chi connectivity index (χ2v) is 7.77. The van der Waals surface area contributed by atoms with Crippen molar-refractivity contribution in [3.05, 3.63) is 56.7 Å². The molecule has 2 heterocycles. The first-order valence-corrected chi connectivity index (χ1v) is 9.01. The quantitative estimate of drug-likeness (QED) is 0.458. The number of Topliss-reactive ketones (excluding diaryl/α,β-unsaturated/α-hetero) is 1. The Morgan fingerprint density at radius 2 is 2.05 bits per heavy atom. The van der Waals surface area contributed by atoms with Crippen LogP contribution in [0.3, 0.4) is 0 Å². The molecule has 0 fully saturated rings. The van der Waals surface area contributed by atoms with Gasteiger partial charge in [0.2, 0.25) is 0 Å². The second-order valence-electron chi connectivity index (χ2n) is 5.06. The number of rotatable bonds is 4. The van der Waals surface area contributed by atoms with Gasteiger partial charge in [0.25, 0.3) is 0 Å². The van der Waals surface area contributed by atoms with Crippen LogP contribution in [-0.4, -0.2) is 16.5 Å². The molecule has 0 atom stereocenters. The van der Waals surface area contributed by atoms with Gasteiger partial charge in [-0.3, -0.25) is 4.79 Å². The monoisotopic (exact) mass is 347 g/mol. The number of ketones is 1. The zero-order chi connectivity index (χ0) is 15.7. The Morgan fingerprint density at radius 1 is 1.23 bits per heavy atom. The van der Waals surface area contributed by atoms with Crippen LogP contribution in [0.15, 0.2) is 41.4 Å². The van der Waals surface area contributed by atoms with Gasteiger partial charge in [-0.1, -0.05) is 41.6 Å². The zero-order valence-electron chi connectivity index (χ0n) is 12.2. The molecule has 0 spiro atoms. The van der Waals surface area contributed by atoms with Crippen LogP contribution in [0.5, 0.6) is 0 Å². The van der Waals surface area contributed by atoms with Gasteiger partial charge >= 0.3 is 0 Å². The predicted octanol–water partition coefficient (Wildman–Crippen LogP) is 5.54. The number of carbonyl (C=O) groups is 1. The lowest BCUT2D eigenvalue weighted by Gasteiger charge is -2.07. The molecule has 0 N–H and O–H groups in total. The number of pyridine rings is 1. The maximum atomic E-state index is 12.1. The molecule has 0 saturated carbocycles. The molecule has 0 aliphatic carbocycles. The first-order chi connectivity index (χ1) is 10.5. The number of aromatic nitrogens is 1. The Hall–Kier alpha value is -1.36. The van der Waals surface area contributed by atoms with Crippen LogP contribution in [0, 0.1) is 13.8 Å². The van der Waals surface area contributed by atoms with E-state index in [0.717, 1.165) is 16.1 Å². The standard InChI is InChI=1S/C17H14ClNOS2/c1-10-4-3-5-12-11(2)8-16(19-17(10)12)21-9-13(20)14-6-7-15(18)22-14/h3-8H,9H2,1-2H3. The van der Waals surface area contributed by atoms with Crippen molar-refractivity contribution in [3.8, 4) is 0 Å². The lowest BCUT2D eigenvalue weighted by molar-refractivity contribution is 0.102. The molecule has 0 aliphatic heterocycles. The first-order valence-electron chi connectivity index (χ1n) is 6.83. The Balaban J connectivity index is 1.82. The lowest BCUT2D eigenvalue weighted by atomic mass is 10.1. The van der Waals surface area contributed by atoms with Crippen LogP contribution in [0.25, 0.3) is 10.9 Å². The summed E-state index contributed by atoms with van der Waals surface area (Å²) in [7, 11) is 0. The molecule has 112 valence electrons. The number of thiophene rings is 1. The molecule has 3 aromatic rings. The van der Waals surface area contributed by atoms with Gasteiger partial charge in [0.05, 0.1) is 25.5 Å². The molecule has 0 amide bonds. The Bertz CT molecular complexity index is 857. The fraction of sp³-hybridized carbons (Fsp3) is 0.176. The summed E-state index contributed by atoms with van der Waals surface area (Å²) >= 11 is 8.67. The fourth-order valence-electron chi connectivity index (χ4n) is 2.28. The number of thioether (sulfide) groups is 1. The third-order valence-electron chi connectivity index (χ3n) is 3.42. The summed E-state index contributed by atoms with van der Waals surface area (Å²) in [6.07, 6.45) is 0. The van der Waals surface area contributed by atoms with Gasteiger partial charge in [0.1, 0.15) is 0 Å². The van der Waals surface area contributed by atoms with Gasteiger partial charge in [-0.15, -0.1) is 11.3 Å². The second kappa shape index (κ2) is 6.41. The number of hydrogen-bond donors (Lipinski definition) is 0. The lowest BCUT2D eigenvalue weighted by Crippen LogP contribution is -2.00. The molecule has 1 aromatic carbocycles. The van der Waals surface area contributed by atoms with Crippen molar-refractivity contribution in [3.63, 3.8) is 0 Å². The topological polar surface area (TPSA) is 30.0 Å². The summed E-state index contributed by atoms with van der Waals surface area (Å²) in [4.78, 5) is 17.5. The smallest absolute Gasteiger partial charge is 0.183 e. The molecule has 0 unspecified atom stereocenters. The van der Waals surface area contributed by atoms with Crippen molar-refractivity contribution in [2.45, 2.75) is 18.9 Å². The van der Waals surface area contributed by atoms with E-state index < -0.39 is 0 Å². The molecular formula is C17H14ClNOS2. The van der Waals surface area contributed by atoms with Crippen LogP contribution in [-0.2, 0) is 0 Å². The van der Waals surface area contributed by atoms with E-state index in [4.69, 9.17) is 16.6 Å². The maximum absolute atomic E-state index is 12.1. The van der Waals surface area contributed by atoms with E-state index in [-0.39, 0.29) is 5.78 Å². The van der Waals surface area contributed by atoms with Gasteiger partial charge in [-0.2, -0.15) is 0 Å². The number of fused-ring (bicyclic) bond motifs is 1. The normalized spacial score (nSPS) is 11.0. The van der Waals surface area contributed by atoms with Gasteiger partial charge in [0.15, 0.2) is 5.78 Å². The van der Waals surface area contributed by atoms with E-state index in [1.54, 1.807) is 12.1 Å². The summed E-state index contributed by atoms with van der Waals surface area (Å²) in [5.74, 6) is 0.465. The molecule has 0 saturated heterocycles. The average Bonchev–Trinajstić information content (AvgIpc) is 2.93. The number of nitrogens with zero attached hydrogens (tertiary/aromatic N) is 1. The van der Waals surface area contributed by atoms with Crippen molar-refractivity contribution < 1.29 is 4.79 Å². The summed E-state index contributed by atoms with van der Waals surface area (Å²) in [5, 5.41) is 2.05. The summed E-state index contributed by atoms with van der Waals surface area (Å²) in [6.45, 7) is 4.14. The minimum Gasteiger partial charge on any atom is -0.292 e. The van der Waals surface area contributed by atoms with E-state index in [1.807, 2.05) is 12.1 Å². The molecule has 0 aliphatic rings. The maximum Gasteiger partial charge on any atom is 0.183 e. The molecule has 0 bridgehead atoms.